The van der Waals surface area contributed by atoms with Gasteiger partial charge in [-0.25, -0.2) is 0 Å². The van der Waals surface area contributed by atoms with Crippen LogP contribution in [0.2, 0.25) is 0 Å². The predicted molar refractivity (Wildman–Crippen MR) is 51.4 cm³/mol. The molecule has 1 aromatic heterocycles. The molecule has 3 nitrogen and oxygen atoms in total. The van der Waals surface area contributed by atoms with E-state index in [2.05, 4.69) is 17.1 Å². The number of rotatable bonds is 2. The lowest BCUT2D eigenvalue weighted by Crippen LogP contribution is -2.48. The topological polar surface area (TPSA) is 28.4 Å². The number of nitrogens with one attached hydrogen (secondary N) is 1. The Hall–Kier alpha value is -0.800. The van der Waals surface area contributed by atoms with E-state index in [1.165, 1.54) is 0 Å². The molecule has 0 bridgehead atoms. The second kappa shape index (κ2) is 3.94. The van der Waals surface area contributed by atoms with Gasteiger partial charge in [0.25, 0.3) is 0 Å². The SMILES string of the molecule is C[C@@H]1CN(Cc2ccco2)CCN1. The Labute approximate surface area is 78.7 Å². The standard InChI is InChI=1S/C10H16N2O/c1-9-7-12(5-4-11-9)8-10-3-2-6-13-10/h2-3,6,9,11H,4-5,7-8H2,1H3/t9-/m1/s1. The maximum absolute atomic E-state index is 5.31. The van der Waals surface area contributed by atoms with Gasteiger partial charge in [-0.15, -0.1) is 0 Å². The molecule has 1 fully saturated rings. The first-order valence-electron chi connectivity index (χ1n) is 4.83. The van der Waals surface area contributed by atoms with Crippen LogP contribution in [0.1, 0.15) is 12.7 Å². The molecular formula is C10H16N2O. The lowest BCUT2D eigenvalue weighted by molar-refractivity contribution is 0.186. The average molecular weight is 180 g/mol. The van der Waals surface area contributed by atoms with Gasteiger partial charge >= 0.3 is 0 Å². The van der Waals surface area contributed by atoms with Crippen LogP contribution >= 0.6 is 0 Å². The zero-order valence-electron chi connectivity index (χ0n) is 7.99. The number of piperazine rings is 1. The molecule has 0 unspecified atom stereocenters. The Morgan fingerprint density at radius 3 is 3.31 bits per heavy atom. The van der Waals surface area contributed by atoms with Crippen LogP contribution < -0.4 is 5.32 Å². The number of hydrogen-bond acceptors (Lipinski definition) is 3. The normalized spacial score (nSPS) is 24.8. The first-order valence-corrected chi connectivity index (χ1v) is 4.83. The summed E-state index contributed by atoms with van der Waals surface area (Å²) in [5.41, 5.74) is 0. The first kappa shape index (κ1) is 8.78. The van der Waals surface area contributed by atoms with Gasteiger partial charge in [-0.05, 0) is 19.1 Å². The molecule has 1 N–H and O–H groups in total. The minimum atomic E-state index is 0.601. The van der Waals surface area contributed by atoms with E-state index < -0.39 is 0 Å². The van der Waals surface area contributed by atoms with Crippen molar-refractivity contribution in [3.63, 3.8) is 0 Å². The molecule has 1 atom stereocenters. The quantitative estimate of drug-likeness (QED) is 0.738. The Morgan fingerprint density at radius 2 is 2.62 bits per heavy atom. The van der Waals surface area contributed by atoms with Gasteiger partial charge in [-0.2, -0.15) is 0 Å². The third-order valence-electron chi connectivity index (χ3n) is 2.41. The van der Waals surface area contributed by atoms with Crippen molar-refractivity contribution in [1.82, 2.24) is 10.2 Å². The summed E-state index contributed by atoms with van der Waals surface area (Å²) in [7, 11) is 0. The van der Waals surface area contributed by atoms with Gasteiger partial charge < -0.3 is 9.73 Å². The van der Waals surface area contributed by atoms with Crippen LogP contribution in [0.3, 0.4) is 0 Å². The molecule has 2 heterocycles. The van der Waals surface area contributed by atoms with Crippen LogP contribution in [0.25, 0.3) is 0 Å². The molecule has 1 aliphatic heterocycles. The lowest BCUT2D eigenvalue weighted by Gasteiger charge is -2.30. The summed E-state index contributed by atoms with van der Waals surface area (Å²) in [6, 6.07) is 4.58. The maximum Gasteiger partial charge on any atom is 0.117 e. The molecule has 72 valence electrons. The second-order valence-corrected chi connectivity index (χ2v) is 3.67. The van der Waals surface area contributed by atoms with Crippen molar-refractivity contribution in [3.05, 3.63) is 24.2 Å². The first-order chi connectivity index (χ1) is 6.34. The molecule has 0 saturated carbocycles. The smallest absolute Gasteiger partial charge is 0.117 e. The van der Waals surface area contributed by atoms with Gasteiger partial charge in [0.2, 0.25) is 0 Å². The van der Waals surface area contributed by atoms with Crippen molar-refractivity contribution in [3.8, 4) is 0 Å². The van der Waals surface area contributed by atoms with E-state index in [0.29, 0.717) is 6.04 Å². The van der Waals surface area contributed by atoms with Gasteiger partial charge in [0, 0.05) is 25.7 Å². The van der Waals surface area contributed by atoms with Crippen molar-refractivity contribution in [2.45, 2.75) is 19.5 Å². The van der Waals surface area contributed by atoms with Crippen LogP contribution in [0, 0.1) is 0 Å². The zero-order chi connectivity index (χ0) is 9.10. The monoisotopic (exact) mass is 180 g/mol. The fourth-order valence-electron chi connectivity index (χ4n) is 1.78. The summed E-state index contributed by atoms with van der Waals surface area (Å²) < 4.78 is 5.31. The Balaban J connectivity index is 1.87. The molecule has 1 aromatic rings. The average Bonchev–Trinajstić information content (AvgIpc) is 2.57. The van der Waals surface area contributed by atoms with E-state index in [0.717, 1.165) is 31.9 Å². The van der Waals surface area contributed by atoms with E-state index >= 15 is 0 Å². The molecule has 13 heavy (non-hydrogen) atoms. The van der Waals surface area contributed by atoms with Crippen molar-refractivity contribution < 1.29 is 4.42 Å². The molecule has 1 saturated heterocycles. The largest absolute Gasteiger partial charge is 0.468 e. The number of hydrogen-bond donors (Lipinski definition) is 1. The summed E-state index contributed by atoms with van der Waals surface area (Å²) in [5, 5.41) is 3.42. The Morgan fingerprint density at radius 1 is 1.69 bits per heavy atom. The van der Waals surface area contributed by atoms with E-state index in [1.807, 2.05) is 12.1 Å². The fourth-order valence-corrected chi connectivity index (χ4v) is 1.78. The summed E-state index contributed by atoms with van der Waals surface area (Å²) in [4.78, 5) is 2.42. The van der Waals surface area contributed by atoms with E-state index in [9.17, 15) is 0 Å². The fraction of sp³-hybridized carbons (Fsp3) is 0.600. The van der Waals surface area contributed by atoms with Gasteiger partial charge in [-0.3, -0.25) is 4.90 Å². The van der Waals surface area contributed by atoms with Crippen LogP contribution in [-0.2, 0) is 6.54 Å². The maximum atomic E-state index is 5.31. The summed E-state index contributed by atoms with van der Waals surface area (Å²) in [6.07, 6.45) is 1.74. The Bertz CT molecular complexity index is 245. The van der Waals surface area contributed by atoms with Gasteiger partial charge in [0.15, 0.2) is 0 Å². The summed E-state index contributed by atoms with van der Waals surface area (Å²) in [5.74, 6) is 1.06. The molecule has 1 aliphatic rings. The van der Waals surface area contributed by atoms with Crippen molar-refractivity contribution in [2.24, 2.45) is 0 Å². The highest BCUT2D eigenvalue weighted by molar-refractivity contribution is 4.98. The Kier molecular flexibility index (Phi) is 2.66. The van der Waals surface area contributed by atoms with E-state index in [4.69, 9.17) is 4.42 Å². The molecule has 2 rings (SSSR count). The molecule has 3 heteroatoms. The second-order valence-electron chi connectivity index (χ2n) is 3.67. The van der Waals surface area contributed by atoms with Crippen molar-refractivity contribution in [1.29, 1.82) is 0 Å². The number of furan rings is 1. The van der Waals surface area contributed by atoms with E-state index in [1.54, 1.807) is 6.26 Å². The zero-order valence-corrected chi connectivity index (χ0v) is 7.99. The van der Waals surface area contributed by atoms with Crippen LogP contribution in [0.4, 0.5) is 0 Å². The van der Waals surface area contributed by atoms with Gasteiger partial charge in [0.1, 0.15) is 5.76 Å². The molecule has 0 amide bonds. The highest BCUT2D eigenvalue weighted by Crippen LogP contribution is 2.07. The van der Waals surface area contributed by atoms with Crippen LogP contribution in [-0.4, -0.2) is 30.6 Å². The summed E-state index contributed by atoms with van der Waals surface area (Å²) in [6.45, 7) is 6.47. The number of nitrogens with zero attached hydrogens (tertiary/aromatic N) is 1. The lowest BCUT2D eigenvalue weighted by atomic mass is 10.2. The van der Waals surface area contributed by atoms with Gasteiger partial charge in [-0.1, -0.05) is 0 Å². The predicted octanol–water partition coefficient (Wildman–Crippen LogP) is 1.07. The minimum absolute atomic E-state index is 0.601. The molecular weight excluding hydrogens is 164 g/mol. The minimum Gasteiger partial charge on any atom is -0.468 e. The van der Waals surface area contributed by atoms with Crippen LogP contribution in [0.5, 0.6) is 0 Å². The highest BCUT2D eigenvalue weighted by atomic mass is 16.3. The van der Waals surface area contributed by atoms with Gasteiger partial charge in [0.05, 0.1) is 12.8 Å². The molecule has 0 aliphatic carbocycles. The third kappa shape index (κ3) is 2.32. The molecule has 0 radical (unpaired) electrons. The third-order valence-corrected chi connectivity index (χ3v) is 2.41. The van der Waals surface area contributed by atoms with Crippen molar-refractivity contribution in [2.75, 3.05) is 19.6 Å². The van der Waals surface area contributed by atoms with E-state index in [-0.39, 0.29) is 0 Å². The summed E-state index contributed by atoms with van der Waals surface area (Å²) >= 11 is 0. The molecule has 0 spiro atoms. The highest BCUT2D eigenvalue weighted by Gasteiger charge is 2.15. The molecule has 0 aromatic carbocycles. The van der Waals surface area contributed by atoms with Crippen molar-refractivity contribution >= 4 is 0 Å². The van der Waals surface area contributed by atoms with Crippen LogP contribution in [0.15, 0.2) is 22.8 Å².